The molecule has 2 aromatic carbocycles. The summed E-state index contributed by atoms with van der Waals surface area (Å²) in [6.07, 6.45) is 0. The van der Waals surface area contributed by atoms with Gasteiger partial charge in [0, 0.05) is 0 Å². The first-order valence-electron chi connectivity index (χ1n) is 5.71. The van der Waals surface area contributed by atoms with Crippen molar-refractivity contribution in [1.29, 1.82) is 0 Å². The van der Waals surface area contributed by atoms with Gasteiger partial charge in [0.1, 0.15) is 0 Å². The summed E-state index contributed by atoms with van der Waals surface area (Å²) < 4.78 is 0. The molecule has 0 radical (unpaired) electrons. The summed E-state index contributed by atoms with van der Waals surface area (Å²) in [5, 5.41) is 25.7. The molecule has 0 amide bonds. The predicted molar refractivity (Wildman–Crippen MR) is 74.4 cm³/mol. The molecule has 0 saturated heterocycles. The maximum atomic E-state index is 10.2. The highest BCUT2D eigenvalue weighted by Gasteiger charge is 2.08. The van der Waals surface area contributed by atoms with E-state index >= 15 is 0 Å². The molecule has 0 aromatic heterocycles. The maximum absolute atomic E-state index is 10.2. The van der Waals surface area contributed by atoms with Crippen molar-refractivity contribution in [3.8, 4) is 0 Å². The van der Waals surface area contributed by atoms with E-state index in [1.54, 1.807) is 42.5 Å². The molecule has 0 bridgehead atoms. The Labute approximate surface area is 112 Å². The second-order valence-corrected chi connectivity index (χ2v) is 3.96. The fourth-order valence-corrected chi connectivity index (χ4v) is 1.32. The van der Waals surface area contributed by atoms with Crippen LogP contribution >= 0.6 is 0 Å². The Kier molecular flexibility index (Phi) is 5.79. The molecule has 0 aliphatic heterocycles. The van der Waals surface area contributed by atoms with Crippen molar-refractivity contribution >= 4 is 18.6 Å². The van der Waals surface area contributed by atoms with Crippen LogP contribution < -0.4 is 5.46 Å². The normalized spacial score (nSPS) is 9.21. The topological polar surface area (TPSA) is 77.8 Å². The molecule has 0 fully saturated rings. The zero-order valence-electron chi connectivity index (χ0n) is 10.5. The molecule has 3 N–H and O–H groups in total. The molecular weight excluding hydrogens is 243 g/mol. The Morgan fingerprint density at radius 3 is 1.84 bits per heavy atom. The maximum Gasteiger partial charge on any atom is 0.488 e. The quantitative estimate of drug-likeness (QED) is 0.704. The summed E-state index contributed by atoms with van der Waals surface area (Å²) in [5.41, 5.74) is 1.98. The third-order valence-electron chi connectivity index (χ3n) is 2.40. The highest BCUT2D eigenvalue weighted by Crippen LogP contribution is 1.96. The summed E-state index contributed by atoms with van der Waals surface area (Å²) >= 11 is 0. The molecule has 19 heavy (non-hydrogen) atoms. The lowest BCUT2D eigenvalue weighted by molar-refractivity contribution is 0.0697. The van der Waals surface area contributed by atoms with Crippen molar-refractivity contribution in [3.63, 3.8) is 0 Å². The number of carboxylic acid groups (broad SMARTS) is 1. The van der Waals surface area contributed by atoms with Gasteiger partial charge < -0.3 is 15.2 Å². The summed E-state index contributed by atoms with van der Waals surface area (Å²) in [7, 11) is -1.35. The summed E-state index contributed by atoms with van der Waals surface area (Å²) in [4.78, 5) is 10.2. The van der Waals surface area contributed by atoms with Gasteiger partial charge in [-0.25, -0.2) is 4.79 Å². The Hall–Kier alpha value is -2.11. The number of rotatable bonds is 2. The molecule has 0 heterocycles. The smallest absolute Gasteiger partial charge is 0.478 e. The molecule has 0 atom stereocenters. The van der Waals surface area contributed by atoms with Gasteiger partial charge in [-0.05, 0) is 24.5 Å². The average molecular weight is 258 g/mol. The third-order valence-corrected chi connectivity index (χ3v) is 2.40. The fourth-order valence-electron chi connectivity index (χ4n) is 1.32. The molecule has 0 spiro atoms. The number of aromatic carboxylic acids is 1. The molecule has 0 aliphatic carbocycles. The highest BCUT2D eigenvalue weighted by molar-refractivity contribution is 6.58. The summed E-state index contributed by atoms with van der Waals surface area (Å²) in [6.45, 7) is 1.95. The molecule has 2 rings (SSSR count). The van der Waals surface area contributed by atoms with Crippen molar-refractivity contribution in [2.24, 2.45) is 0 Å². The van der Waals surface area contributed by atoms with Crippen molar-refractivity contribution in [2.75, 3.05) is 0 Å². The van der Waals surface area contributed by atoms with Crippen molar-refractivity contribution in [2.45, 2.75) is 6.92 Å². The van der Waals surface area contributed by atoms with Crippen LogP contribution in [0.15, 0.2) is 54.6 Å². The van der Waals surface area contributed by atoms with Crippen molar-refractivity contribution in [1.82, 2.24) is 0 Å². The van der Waals surface area contributed by atoms with Gasteiger partial charge in [-0.3, -0.25) is 0 Å². The van der Waals surface area contributed by atoms with E-state index in [9.17, 15) is 4.79 Å². The summed E-state index contributed by atoms with van der Waals surface area (Å²) in [5.74, 6) is -0.879. The molecule has 0 aliphatic rings. The SMILES string of the molecule is Cc1ccc(B(O)O)cc1.O=C(O)c1ccccc1. The minimum Gasteiger partial charge on any atom is -0.478 e. The van der Waals surface area contributed by atoms with Gasteiger partial charge >= 0.3 is 13.1 Å². The summed E-state index contributed by atoms with van der Waals surface area (Å²) in [6, 6.07) is 15.4. The van der Waals surface area contributed by atoms with E-state index in [2.05, 4.69) is 0 Å². The van der Waals surface area contributed by atoms with Crippen LogP contribution in [0.2, 0.25) is 0 Å². The lowest BCUT2D eigenvalue weighted by Gasteiger charge is -1.97. The van der Waals surface area contributed by atoms with Gasteiger partial charge in [-0.1, -0.05) is 48.0 Å². The lowest BCUT2D eigenvalue weighted by Crippen LogP contribution is -2.29. The first kappa shape index (κ1) is 15.0. The van der Waals surface area contributed by atoms with Gasteiger partial charge in [0.2, 0.25) is 0 Å². The monoisotopic (exact) mass is 258 g/mol. The van der Waals surface area contributed by atoms with Gasteiger partial charge in [-0.15, -0.1) is 0 Å². The average Bonchev–Trinajstić information content (AvgIpc) is 2.41. The number of carbonyl (C=O) groups is 1. The second kappa shape index (κ2) is 7.36. The van der Waals surface area contributed by atoms with Crippen LogP contribution in [0.3, 0.4) is 0 Å². The van der Waals surface area contributed by atoms with Crippen LogP contribution in [-0.4, -0.2) is 28.2 Å². The number of hydrogen-bond donors (Lipinski definition) is 3. The van der Waals surface area contributed by atoms with Crippen LogP contribution in [0.1, 0.15) is 15.9 Å². The second-order valence-electron chi connectivity index (χ2n) is 3.96. The highest BCUT2D eigenvalue weighted by atomic mass is 16.4. The molecular formula is C14H15BO4. The Morgan fingerprint density at radius 2 is 1.47 bits per heavy atom. The number of aryl methyl sites for hydroxylation is 1. The number of benzene rings is 2. The molecule has 98 valence electrons. The van der Waals surface area contributed by atoms with E-state index < -0.39 is 13.1 Å². The van der Waals surface area contributed by atoms with Crippen molar-refractivity contribution < 1.29 is 19.9 Å². The van der Waals surface area contributed by atoms with Gasteiger partial charge in [-0.2, -0.15) is 0 Å². The van der Waals surface area contributed by atoms with E-state index in [0.29, 0.717) is 11.0 Å². The minimum atomic E-state index is -1.35. The standard InChI is InChI=1S/C7H9BO2.C7H6O2/c1-6-2-4-7(5-3-6)8(9)10;8-7(9)6-4-2-1-3-5-6/h2-5,9-10H,1H3;1-5H,(H,8,9). The fraction of sp³-hybridized carbons (Fsp3) is 0.0714. The lowest BCUT2D eigenvalue weighted by atomic mass is 9.80. The molecule has 0 unspecified atom stereocenters. The van der Waals surface area contributed by atoms with E-state index in [1.165, 1.54) is 0 Å². The third kappa shape index (κ3) is 5.37. The van der Waals surface area contributed by atoms with Gasteiger partial charge in [0.05, 0.1) is 5.56 Å². The van der Waals surface area contributed by atoms with Gasteiger partial charge in [0.25, 0.3) is 0 Å². The van der Waals surface area contributed by atoms with E-state index in [0.717, 1.165) is 5.56 Å². The zero-order chi connectivity index (χ0) is 14.3. The van der Waals surface area contributed by atoms with Gasteiger partial charge in [0.15, 0.2) is 0 Å². The Morgan fingerprint density at radius 1 is 0.947 bits per heavy atom. The minimum absolute atomic E-state index is 0.331. The van der Waals surface area contributed by atoms with Crippen molar-refractivity contribution in [3.05, 3.63) is 65.7 Å². The van der Waals surface area contributed by atoms with Crippen LogP contribution in [-0.2, 0) is 0 Å². The molecule has 4 nitrogen and oxygen atoms in total. The molecule has 2 aromatic rings. The van der Waals surface area contributed by atoms with Crippen LogP contribution in [0.25, 0.3) is 0 Å². The molecule has 5 heteroatoms. The largest absolute Gasteiger partial charge is 0.488 e. The first-order valence-corrected chi connectivity index (χ1v) is 5.71. The van der Waals surface area contributed by atoms with E-state index in [-0.39, 0.29) is 0 Å². The molecule has 0 saturated carbocycles. The predicted octanol–water partition coefficient (Wildman–Crippen LogP) is 1.06. The van der Waals surface area contributed by atoms with Crippen LogP contribution in [0.5, 0.6) is 0 Å². The Balaban J connectivity index is 0.000000191. The first-order chi connectivity index (χ1) is 9.00. The number of carboxylic acids is 1. The van der Waals surface area contributed by atoms with E-state index in [4.69, 9.17) is 15.2 Å². The number of hydrogen-bond acceptors (Lipinski definition) is 3. The van der Waals surface area contributed by atoms with Crippen LogP contribution in [0.4, 0.5) is 0 Å². The zero-order valence-corrected chi connectivity index (χ0v) is 10.5. The van der Waals surface area contributed by atoms with E-state index in [1.807, 2.05) is 19.1 Å². The Bertz CT molecular complexity index is 509. The van der Waals surface area contributed by atoms with Crippen LogP contribution in [0, 0.1) is 6.92 Å².